The van der Waals surface area contributed by atoms with E-state index < -0.39 is 23.6 Å². The van der Waals surface area contributed by atoms with Crippen LogP contribution in [0.4, 0.5) is 17.6 Å². The van der Waals surface area contributed by atoms with Gasteiger partial charge in [0.1, 0.15) is 5.82 Å². The molecule has 1 aromatic carbocycles. The van der Waals surface area contributed by atoms with Gasteiger partial charge in [-0.15, -0.1) is 0 Å². The minimum atomic E-state index is -4.72. The number of hydrogen-bond acceptors (Lipinski definition) is 2. The van der Waals surface area contributed by atoms with Gasteiger partial charge in [-0.25, -0.2) is 4.39 Å². The molecule has 106 valence electrons. The number of nitrogens with two attached hydrogens (primary N) is 1. The minimum absolute atomic E-state index is 0.243. The molecule has 0 aliphatic heterocycles. The van der Waals surface area contributed by atoms with Crippen molar-refractivity contribution in [2.45, 2.75) is 31.2 Å². The molecule has 19 heavy (non-hydrogen) atoms. The van der Waals surface area contributed by atoms with Crippen LogP contribution >= 0.6 is 0 Å². The van der Waals surface area contributed by atoms with Crippen molar-refractivity contribution in [3.8, 4) is 0 Å². The van der Waals surface area contributed by atoms with E-state index in [4.69, 9.17) is 10.5 Å². The van der Waals surface area contributed by atoms with E-state index in [9.17, 15) is 17.6 Å². The number of halogens is 4. The Morgan fingerprint density at radius 2 is 1.95 bits per heavy atom. The second-order valence-corrected chi connectivity index (χ2v) is 4.80. The summed E-state index contributed by atoms with van der Waals surface area (Å²) in [6.45, 7) is 0. The van der Waals surface area contributed by atoms with E-state index in [1.165, 1.54) is 13.2 Å². The van der Waals surface area contributed by atoms with Crippen LogP contribution in [0, 0.1) is 11.7 Å². The molecule has 2 rings (SSSR count). The van der Waals surface area contributed by atoms with Crippen LogP contribution in [0.2, 0.25) is 0 Å². The van der Waals surface area contributed by atoms with Crippen LogP contribution in [0.3, 0.4) is 0 Å². The summed E-state index contributed by atoms with van der Waals surface area (Å²) in [5, 5.41) is 0. The first-order chi connectivity index (χ1) is 8.84. The lowest BCUT2D eigenvalue weighted by atomic mass is 9.97. The maximum Gasteiger partial charge on any atom is 0.419 e. The molecule has 1 aliphatic carbocycles. The summed E-state index contributed by atoms with van der Waals surface area (Å²) in [4.78, 5) is 0. The van der Waals surface area contributed by atoms with Gasteiger partial charge >= 0.3 is 6.18 Å². The molecule has 0 saturated heterocycles. The van der Waals surface area contributed by atoms with Crippen LogP contribution in [0.25, 0.3) is 0 Å². The number of methoxy groups -OCH3 is 1. The van der Waals surface area contributed by atoms with Crippen molar-refractivity contribution in [2.75, 3.05) is 7.11 Å². The van der Waals surface area contributed by atoms with Crippen LogP contribution in [0.1, 0.15) is 30.0 Å². The van der Waals surface area contributed by atoms with Gasteiger partial charge in [-0.2, -0.15) is 13.2 Å². The second kappa shape index (κ2) is 5.09. The maximum atomic E-state index is 13.2. The zero-order valence-corrected chi connectivity index (χ0v) is 10.4. The van der Waals surface area contributed by atoms with Crippen LogP contribution in [0.15, 0.2) is 18.2 Å². The monoisotopic (exact) mass is 277 g/mol. The van der Waals surface area contributed by atoms with Crippen molar-refractivity contribution in [1.29, 1.82) is 0 Å². The van der Waals surface area contributed by atoms with E-state index in [0.717, 1.165) is 25.0 Å². The summed E-state index contributed by atoms with van der Waals surface area (Å²) >= 11 is 0. The molecule has 0 spiro atoms. The van der Waals surface area contributed by atoms with E-state index >= 15 is 0 Å². The van der Waals surface area contributed by atoms with Gasteiger partial charge in [0, 0.05) is 7.11 Å². The Morgan fingerprint density at radius 1 is 1.32 bits per heavy atom. The Kier molecular flexibility index (Phi) is 3.82. The third-order valence-corrected chi connectivity index (χ3v) is 3.39. The molecule has 0 aromatic heterocycles. The molecular weight excluding hydrogens is 262 g/mol. The molecule has 0 radical (unpaired) electrons. The van der Waals surface area contributed by atoms with Crippen molar-refractivity contribution in [2.24, 2.45) is 11.7 Å². The van der Waals surface area contributed by atoms with E-state index in [2.05, 4.69) is 0 Å². The number of benzene rings is 1. The predicted molar refractivity (Wildman–Crippen MR) is 61.9 cm³/mol. The van der Waals surface area contributed by atoms with Crippen LogP contribution in [-0.2, 0) is 10.9 Å². The molecule has 2 nitrogen and oxygen atoms in total. The topological polar surface area (TPSA) is 35.2 Å². The van der Waals surface area contributed by atoms with Gasteiger partial charge in [-0.05, 0) is 36.5 Å². The number of hydrogen-bond donors (Lipinski definition) is 1. The van der Waals surface area contributed by atoms with E-state index in [0.29, 0.717) is 0 Å². The number of alkyl halides is 3. The van der Waals surface area contributed by atoms with E-state index in [1.54, 1.807) is 0 Å². The van der Waals surface area contributed by atoms with Gasteiger partial charge in [0.05, 0.1) is 17.7 Å². The van der Waals surface area contributed by atoms with Crippen molar-refractivity contribution >= 4 is 0 Å². The third kappa shape index (κ3) is 3.06. The molecule has 1 fully saturated rings. The lowest BCUT2D eigenvalue weighted by molar-refractivity contribution is -0.140. The lowest BCUT2D eigenvalue weighted by Gasteiger charge is -2.23. The average molecular weight is 277 g/mol. The van der Waals surface area contributed by atoms with Gasteiger partial charge in [-0.1, -0.05) is 6.07 Å². The van der Waals surface area contributed by atoms with Crippen molar-refractivity contribution in [3.05, 3.63) is 35.1 Å². The Labute approximate surface area is 108 Å². The van der Waals surface area contributed by atoms with Crippen molar-refractivity contribution in [3.63, 3.8) is 0 Å². The SMILES string of the molecule is COC(C1CC1)C(N)c1ccc(F)c(C(F)(F)F)c1. The summed E-state index contributed by atoms with van der Waals surface area (Å²) in [5.74, 6) is -1.01. The molecule has 2 atom stereocenters. The molecule has 2 N–H and O–H groups in total. The summed E-state index contributed by atoms with van der Waals surface area (Å²) in [6.07, 6.45) is -3.13. The molecule has 2 unspecified atom stereocenters. The Morgan fingerprint density at radius 3 is 2.42 bits per heavy atom. The zero-order chi connectivity index (χ0) is 14.2. The van der Waals surface area contributed by atoms with Gasteiger partial charge in [-0.3, -0.25) is 0 Å². The summed E-state index contributed by atoms with van der Waals surface area (Å²) in [7, 11) is 1.48. The van der Waals surface area contributed by atoms with Gasteiger partial charge in [0.25, 0.3) is 0 Å². The quantitative estimate of drug-likeness (QED) is 0.857. The normalized spacial score (nSPS) is 19.3. The molecule has 1 saturated carbocycles. The highest BCUT2D eigenvalue weighted by molar-refractivity contribution is 5.30. The van der Waals surface area contributed by atoms with Crippen LogP contribution in [0.5, 0.6) is 0 Å². The first-order valence-electron chi connectivity index (χ1n) is 5.99. The minimum Gasteiger partial charge on any atom is -0.379 e. The Hall–Kier alpha value is -1.14. The largest absolute Gasteiger partial charge is 0.419 e. The fourth-order valence-electron chi connectivity index (χ4n) is 2.21. The smallest absolute Gasteiger partial charge is 0.379 e. The molecule has 0 heterocycles. The predicted octanol–water partition coefficient (Wildman–Crippen LogP) is 3.27. The van der Waals surface area contributed by atoms with Crippen LogP contribution in [-0.4, -0.2) is 13.2 Å². The summed E-state index contributed by atoms with van der Waals surface area (Å²) in [6, 6.07) is 2.18. The van der Waals surface area contributed by atoms with Gasteiger partial charge in [0.15, 0.2) is 0 Å². The van der Waals surface area contributed by atoms with Crippen LogP contribution < -0.4 is 5.73 Å². The number of rotatable bonds is 4. The highest BCUT2D eigenvalue weighted by Crippen LogP contribution is 2.40. The Balaban J connectivity index is 2.29. The van der Waals surface area contributed by atoms with Gasteiger partial charge < -0.3 is 10.5 Å². The highest BCUT2D eigenvalue weighted by Gasteiger charge is 2.38. The zero-order valence-electron chi connectivity index (χ0n) is 10.4. The molecule has 6 heteroatoms. The standard InChI is InChI=1S/C13H15F4NO/c1-19-12(7-2-3-7)11(18)8-4-5-10(14)9(6-8)13(15,16)17/h4-7,11-12H,2-3,18H2,1H3. The fraction of sp³-hybridized carbons (Fsp3) is 0.538. The third-order valence-electron chi connectivity index (χ3n) is 3.39. The van der Waals surface area contributed by atoms with Crippen molar-refractivity contribution in [1.82, 2.24) is 0 Å². The summed E-state index contributed by atoms with van der Waals surface area (Å²) in [5.41, 5.74) is 4.90. The van der Waals surface area contributed by atoms with Crippen molar-refractivity contribution < 1.29 is 22.3 Å². The fourth-order valence-corrected chi connectivity index (χ4v) is 2.21. The number of ether oxygens (including phenoxy) is 1. The average Bonchev–Trinajstić information content (AvgIpc) is 3.13. The maximum absolute atomic E-state index is 13.2. The lowest BCUT2D eigenvalue weighted by Crippen LogP contribution is -2.30. The molecule has 1 aliphatic rings. The van der Waals surface area contributed by atoms with E-state index in [1.807, 2.05) is 0 Å². The van der Waals surface area contributed by atoms with E-state index in [-0.39, 0.29) is 17.6 Å². The highest BCUT2D eigenvalue weighted by atomic mass is 19.4. The molecule has 1 aromatic rings. The molecule has 0 amide bonds. The second-order valence-electron chi connectivity index (χ2n) is 4.80. The summed E-state index contributed by atoms with van der Waals surface area (Å²) < 4.78 is 56.3. The van der Waals surface area contributed by atoms with Gasteiger partial charge in [0.2, 0.25) is 0 Å². The first-order valence-corrected chi connectivity index (χ1v) is 5.99. The Bertz CT molecular complexity index is 456. The molecular formula is C13H15F4NO. The molecule has 0 bridgehead atoms. The first kappa shape index (κ1) is 14.3.